The summed E-state index contributed by atoms with van der Waals surface area (Å²) in [5.41, 5.74) is 1.35. The molecule has 1 unspecified atom stereocenters. The van der Waals surface area contributed by atoms with Gasteiger partial charge in [-0.3, -0.25) is 14.2 Å². The second-order valence-corrected chi connectivity index (χ2v) is 6.94. The number of para-hydroxylation sites is 1. The fraction of sp³-hybridized carbons (Fsp3) is 0.286. The van der Waals surface area contributed by atoms with Crippen molar-refractivity contribution in [3.8, 4) is 0 Å². The molecule has 1 fully saturated rings. The minimum Gasteiger partial charge on any atom is -0.368 e. The fourth-order valence-electron chi connectivity index (χ4n) is 3.58. The van der Waals surface area contributed by atoms with E-state index in [9.17, 15) is 14.0 Å². The lowest BCUT2D eigenvalue weighted by molar-refractivity contribution is -0.134. The van der Waals surface area contributed by atoms with E-state index in [1.165, 1.54) is 23.0 Å². The van der Waals surface area contributed by atoms with Crippen LogP contribution in [-0.4, -0.2) is 46.5 Å². The Morgan fingerprint density at radius 2 is 1.71 bits per heavy atom. The lowest BCUT2D eigenvalue weighted by atomic mass is 10.2. The van der Waals surface area contributed by atoms with Crippen LogP contribution in [-0.2, 0) is 4.79 Å². The maximum absolute atomic E-state index is 13.1. The fourth-order valence-corrected chi connectivity index (χ4v) is 3.58. The lowest BCUT2D eigenvalue weighted by Gasteiger charge is -2.37. The van der Waals surface area contributed by atoms with Crippen molar-refractivity contribution in [2.75, 3.05) is 31.1 Å². The van der Waals surface area contributed by atoms with E-state index in [0.717, 1.165) is 5.69 Å². The zero-order chi connectivity index (χ0) is 19.7. The van der Waals surface area contributed by atoms with Crippen molar-refractivity contribution in [1.82, 2.24) is 14.5 Å². The summed E-state index contributed by atoms with van der Waals surface area (Å²) in [6.07, 6.45) is 1.45. The summed E-state index contributed by atoms with van der Waals surface area (Å²) >= 11 is 0. The molecule has 2 aromatic carbocycles. The summed E-state index contributed by atoms with van der Waals surface area (Å²) in [5.74, 6) is -0.362. The molecular weight excluding hydrogens is 359 g/mol. The third-order valence-corrected chi connectivity index (χ3v) is 5.25. The van der Waals surface area contributed by atoms with Crippen LogP contribution >= 0.6 is 0 Å². The minimum atomic E-state index is -0.623. The van der Waals surface area contributed by atoms with Gasteiger partial charge in [0.15, 0.2) is 0 Å². The molecule has 1 aliphatic rings. The van der Waals surface area contributed by atoms with Gasteiger partial charge in [0.1, 0.15) is 11.9 Å². The van der Waals surface area contributed by atoms with Gasteiger partial charge < -0.3 is 9.80 Å². The van der Waals surface area contributed by atoms with Crippen LogP contribution < -0.4 is 10.5 Å². The van der Waals surface area contributed by atoms with Crippen LogP contribution in [0.4, 0.5) is 10.1 Å². The van der Waals surface area contributed by atoms with Crippen LogP contribution in [0.25, 0.3) is 10.9 Å². The van der Waals surface area contributed by atoms with Crippen molar-refractivity contribution in [3.63, 3.8) is 0 Å². The predicted molar refractivity (Wildman–Crippen MR) is 106 cm³/mol. The van der Waals surface area contributed by atoms with Crippen molar-refractivity contribution in [2.45, 2.75) is 13.0 Å². The van der Waals surface area contributed by atoms with E-state index in [4.69, 9.17) is 0 Å². The number of benzene rings is 2. The Hall–Kier alpha value is -3.22. The highest BCUT2D eigenvalue weighted by atomic mass is 19.1. The van der Waals surface area contributed by atoms with Crippen LogP contribution in [0.3, 0.4) is 0 Å². The number of nitrogens with zero attached hydrogens (tertiary/aromatic N) is 4. The Morgan fingerprint density at radius 3 is 2.43 bits per heavy atom. The average Bonchev–Trinajstić information content (AvgIpc) is 2.74. The van der Waals surface area contributed by atoms with Crippen molar-refractivity contribution in [2.24, 2.45) is 0 Å². The van der Waals surface area contributed by atoms with Crippen molar-refractivity contribution in [3.05, 3.63) is 71.0 Å². The number of carbonyl (C=O) groups is 1. The molecule has 1 aromatic heterocycles. The molecule has 0 N–H and O–H groups in total. The maximum atomic E-state index is 13.1. The third-order valence-electron chi connectivity index (χ3n) is 5.25. The van der Waals surface area contributed by atoms with Gasteiger partial charge in [-0.1, -0.05) is 12.1 Å². The second-order valence-electron chi connectivity index (χ2n) is 6.94. The summed E-state index contributed by atoms with van der Waals surface area (Å²) in [7, 11) is 0. The number of piperazine rings is 1. The van der Waals surface area contributed by atoms with Crippen molar-refractivity contribution in [1.29, 1.82) is 0 Å². The predicted octanol–water partition coefficient (Wildman–Crippen LogP) is 2.45. The Morgan fingerprint density at radius 1 is 1.04 bits per heavy atom. The van der Waals surface area contributed by atoms with Crippen molar-refractivity contribution < 1.29 is 9.18 Å². The molecule has 1 aliphatic heterocycles. The summed E-state index contributed by atoms with van der Waals surface area (Å²) in [5, 5.41) is 0.505. The lowest BCUT2D eigenvalue weighted by Crippen LogP contribution is -2.51. The first-order chi connectivity index (χ1) is 13.5. The molecule has 144 valence electrons. The van der Waals surface area contributed by atoms with Crippen molar-refractivity contribution >= 4 is 22.5 Å². The van der Waals surface area contributed by atoms with E-state index < -0.39 is 6.04 Å². The van der Waals surface area contributed by atoms with Gasteiger partial charge in [0.05, 0.1) is 17.2 Å². The summed E-state index contributed by atoms with van der Waals surface area (Å²) in [6.45, 7) is 4.16. The molecule has 0 bridgehead atoms. The van der Waals surface area contributed by atoms with Crippen LogP contribution in [0.1, 0.15) is 13.0 Å². The largest absolute Gasteiger partial charge is 0.368 e. The van der Waals surface area contributed by atoms with E-state index in [-0.39, 0.29) is 17.3 Å². The molecule has 3 aromatic rings. The molecule has 0 saturated carbocycles. The monoisotopic (exact) mass is 380 g/mol. The first kappa shape index (κ1) is 18.2. The smallest absolute Gasteiger partial charge is 0.261 e. The molecule has 0 radical (unpaired) electrons. The highest BCUT2D eigenvalue weighted by Gasteiger charge is 2.27. The Kier molecular flexibility index (Phi) is 4.81. The molecule has 6 nitrogen and oxygen atoms in total. The van der Waals surface area contributed by atoms with E-state index in [0.29, 0.717) is 37.1 Å². The SMILES string of the molecule is CC(C(=O)N1CCN(c2ccc(F)cc2)CC1)n1cnc2ccccc2c1=O. The number of carbonyl (C=O) groups excluding carboxylic acids is 1. The molecule has 7 heteroatoms. The molecule has 28 heavy (non-hydrogen) atoms. The van der Waals surface area contributed by atoms with Gasteiger partial charge in [0, 0.05) is 31.9 Å². The quantitative estimate of drug-likeness (QED) is 0.700. The normalized spacial score (nSPS) is 15.6. The summed E-state index contributed by atoms with van der Waals surface area (Å²) in [4.78, 5) is 33.9. The standard InChI is InChI=1S/C21H21FN4O2/c1-15(26-14-23-19-5-3-2-4-18(19)21(26)28)20(27)25-12-10-24(11-13-25)17-8-6-16(22)7-9-17/h2-9,14-15H,10-13H2,1H3. The van der Waals surface area contributed by atoms with Gasteiger partial charge in [-0.05, 0) is 43.3 Å². The second kappa shape index (κ2) is 7.42. The number of hydrogen-bond acceptors (Lipinski definition) is 4. The highest BCUT2D eigenvalue weighted by Crippen LogP contribution is 2.18. The number of amides is 1. The van der Waals surface area contributed by atoms with Gasteiger partial charge in [0.2, 0.25) is 5.91 Å². The highest BCUT2D eigenvalue weighted by molar-refractivity contribution is 5.81. The molecule has 1 atom stereocenters. The number of hydrogen-bond donors (Lipinski definition) is 0. The Labute approximate surface area is 161 Å². The Balaban J connectivity index is 1.47. The molecule has 1 amide bonds. The first-order valence-corrected chi connectivity index (χ1v) is 9.30. The summed E-state index contributed by atoms with van der Waals surface area (Å²) < 4.78 is 14.5. The van der Waals surface area contributed by atoms with Gasteiger partial charge in [-0.2, -0.15) is 0 Å². The van der Waals surface area contributed by atoms with Crippen LogP contribution in [0.5, 0.6) is 0 Å². The number of anilines is 1. The van der Waals surface area contributed by atoms with Crippen LogP contribution in [0.2, 0.25) is 0 Å². The molecular formula is C21H21FN4O2. The van der Waals surface area contributed by atoms with Gasteiger partial charge in [-0.15, -0.1) is 0 Å². The number of fused-ring (bicyclic) bond motifs is 1. The van der Waals surface area contributed by atoms with Gasteiger partial charge in [-0.25, -0.2) is 9.37 Å². The first-order valence-electron chi connectivity index (χ1n) is 9.30. The molecule has 2 heterocycles. The van der Waals surface area contributed by atoms with Crippen LogP contribution in [0.15, 0.2) is 59.7 Å². The molecule has 1 saturated heterocycles. The van der Waals surface area contributed by atoms with Gasteiger partial charge >= 0.3 is 0 Å². The number of aromatic nitrogens is 2. The molecule has 4 rings (SSSR count). The zero-order valence-corrected chi connectivity index (χ0v) is 15.6. The van der Waals surface area contributed by atoms with Gasteiger partial charge in [0.25, 0.3) is 5.56 Å². The third kappa shape index (κ3) is 3.35. The number of halogens is 1. The van der Waals surface area contributed by atoms with E-state index >= 15 is 0 Å². The van der Waals surface area contributed by atoms with E-state index in [1.54, 1.807) is 42.2 Å². The molecule has 0 aliphatic carbocycles. The van der Waals surface area contributed by atoms with Crippen LogP contribution in [0, 0.1) is 5.82 Å². The minimum absolute atomic E-state index is 0.0991. The maximum Gasteiger partial charge on any atom is 0.261 e. The van der Waals surface area contributed by atoms with E-state index in [1.807, 2.05) is 6.07 Å². The topological polar surface area (TPSA) is 58.4 Å². The number of rotatable bonds is 3. The Bertz CT molecular complexity index is 1060. The summed E-state index contributed by atoms with van der Waals surface area (Å²) in [6, 6.07) is 12.9. The van der Waals surface area contributed by atoms with E-state index in [2.05, 4.69) is 9.88 Å². The zero-order valence-electron chi connectivity index (χ0n) is 15.6. The average molecular weight is 380 g/mol. The molecule has 0 spiro atoms.